The zero-order chi connectivity index (χ0) is 9.30. The lowest BCUT2D eigenvalue weighted by Gasteiger charge is -2.09. The van der Waals surface area contributed by atoms with E-state index in [4.69, 9.17) is 10.2 Å². The number of ketones is 1. The molecular formula is C6H4FNO4. The summed E-state index contributed by atoms with van der Waals surface area (Å²) >= 11 is 0. The highest BCUT2D eigenvalue weighted by atomic mass is 19.1. The summed E-state index contributed by atoms with van der Waals surface area (Å²) < 4.78 is 12.3. The molecule has 0 bridgehead atoms. The highest BCUT2D eigenvalue weighted by molar-refractivity contribution is 6.25. The monoisotopic (exact) mass is 173 g/mol. The van der Waals surface area contributed by atoms with Crippen molar-refractivity contribution in [1.82, 2.24) is 0 Å². The Morgan fingerprint density at radius 3 is 2.75 bits per heavy atom. The molecule has 1 rings (SSSR count). The Labute approximate surface area is 65.8 Å². The van der Waals surface area contributed by atoms with E-state index >= 15 is 0 Å². The lowest BCUT2D eigenvalue weighted by molar-refractivity contribution is -0.135. The van der Waals surface area contributed by atoms with E-state index in [1.54, 1.807) is 0 Å². The van der Waals surface area contributed by atoms with Gasteiger partial charge in [0.05, 0.1) is 0 Å². The number of hydrogen-bond acceptors (Lipinski definition) is 4. The van der Waals surface area contributed by atoms with Gasteiger partial charge in [0, 0.05) is 6.20 Å². The first-order valence-corrected chi connectivity index (χ1v) is 2.93. The van der Waals surface area contributed by atoms with Crippen molar-refractivity contribution in [2.75, 3.05) is 0 Å². The van der Waals surface area contributed by atoms with Gasteiger partial charge in [-0.3, -0.25) is 4.79 Å². The molecule has 0 aliphatic carbocycles. The second-order valence-corrected chi connectivity index (χ2v) is 2.07. The minimum atomic E-state index is -2.07. The molecule has 1 aliphatic heterocycles. The van der Waals surface area contributed by atoms with Crippen LogP contribution in [0.4, 0.5) is 4.39 Å². The maximum Gasteiger partial charge on any atom is 0.341 e. The average Bonchev–Trinajstić information content (AvgIpc) is 2.00. The minimum Gasteiger partial charge on any atom is -0.478 e. The molecule has 0 aromatic heterocycles. The zero-order valence-electron chi connectivity index (χ0n) is 5.69. The molecule has 64 valence electrons. The fourth-order valence-corrected chi connectivity index (χ4v) is 0.677. The first-order chi connectivity index (χ1) is 5.54. The largest absolute Gasteiger partial charge is 0.478 e. The molecule has 0 aromatic carbocycles. The highest BCUT2D eigenvalue weighted by Crippen LogP contribution is 2.10. The van der Waals surface area contributed by atoms with Crippen molar-refractivity contribution in [2.45, 2.75) is 6.10 Å². The van der Waals surface area contributed by atoms with Crippen LogP contribution in [0.1, 0.15) is 0 Å². The number of carboxylic acids is 1. The molecule has 0 fully saturated rings. The Balaban J connectivity index is 3.06. The molecule has 12 heavy (non-hydrogen) atoms. The molecule has 0 radical (unpaired) electrons. The third kappa shape index (κ3) is 1.24. The van der Waals surface area contributed by atoms with Crippen LogP contribution in [-0.2, 0) is 9.59 Å². The summed E-state index contributed by atoms with van der Waals surface area (Å²) in [6.07, 6.45) is -1.49. The number of carbonyl (C=O) groups excluding carboxylic acids is 1. The SMILES string of the molecule is O=C(O)C1=CN=C(F)C(O)C1=O. The van der Waals surface area contributed by atoms with Crippen LogP contribution >= 0.6 is 0 Å². The number of aliphatic hydroxyl groups excluding tert-OH is 1. The van der Waals surface area contributed by atoms with Crippen LogP contribution in [0.3, 0.4) is 0 Å². The Hall–Kier alpha value is -1.56. The summed E-state index contributed by atoms with van der Waals surface area (Å²) in [6.45, 7) is 0. The quantitative estimate of drug-likeness (QED) is 0.511. The van der Waals surface area contributed by atoms with Gasteiger partial charge in [-0.05, 0) is 0 Å². The smallest absolute Gasteiger partial charge is 0.341 e. The molecule has 1 aliphatic rings. The summed E-state index contributed by atoms with van der Waals surface area (Å²) in [7, 11) is 0. The van der Waals surface area contributed by atoms with Crippen molar-refractivity contribution in [3.63, 3.8) is 0 Å². The maximum absolute atomic E-state index is 12.3. The molecule has 0 aromatic rings. The second-order valence-electron chi connectivity index (χ2n) is 2.07. The van der Waals surface area contributed by atoms with E-state index in [1.165, 1.54) is 0 Å². The third-order valence-electron chi connectivity index (χ3n) is 1.29. The molecule has 0 spiro atoms. The summed E-state index contributed by atoms with van der Waals surface area (Å²) in [5, 5.41) is 17.0. The number of halogens is 1. The van der Waals surface area contributed by atoms with E-state index in [2.05, 4.69) is 4.99 Å². The van der Waals surface area contributed by atoms with E-state index in [9.17, 15) is 14.0 Å². The molecule has 2 N–H and O–H groups in total. The molecule has 0 amide bonds. The topological polar surface area (TPSA) is 87.0 Å². The van der Waals surface area contributed by atoms with Gasteiger partial charge in [-0.1, -0.05) is 0 Å². The zero-order valence-corrected chi connectivity index (χ0v) is 5.69. The van der Waals surface area contributed by atoms with Crippen LogP contribution in [0.25, 0.3) is 0 Å². The Kier molecular flexibility index (Phi) is 2.01. The number of aliphatic hydroxyl groups is 1. The van der Waals surface area contributed by atoms with Gasteiger partial charge in [-0.15, -0.1) is 0 Å². The lowest BCUT2D eigenvalue weighted by Crippen LogP contribution is -2.33. The van der Waals surface area contributed by atoms with Gasteiger partial charge in [-0.2, -0.15) is 4.39 Å². The number of aliphatic imine (C=N–C) groups is 1. The van der Waals surface area contributed by atoms with E-state index < -0.39 is 29.4 Å². The van der Waals surface area contributed by atoms with Crippen LogP contribution in [0.2, 0.25) is 0 Å². The van der Waals surface area contributed by atoms with Crippen LogP contribution in [0.15, 0.2) is 16.8 Å². The summed E-state index contributed by atoms with van der Waals surface area (Å²) in [5.74, 6) is -4.00. The predicted molar refractivity (Wildman–Crippen MR) is 35.3 cm³/mol. The maximum atomic E-state index is 12.3. The van der Waals surface area contributed by atoms with Crippen LogP contribution in [0, 0.1) is 0 Å². The Bertz CT molecular complexity index is 307. The number of nitrogens with zero attached hydrogens (tertiary/aromatic N) is 1. The molecule has 1 unspecified atom stereocenters. The fraction of sp³-hybridized carbons (Fsp3) is 0.167. The van der Waals surface area contributed by atoms with Crippen molar-refractivity contribution in [1.29, 1.82) is 0 Å². The van der Waals surface area contributed by atoms with Crippen LogP contribution < -0.4 is 0 Å². The number of carbonyl (C=O) groups is 2. The fourth-order valence-electron chi connectivity index (χ4n) is 0.677. The van der Waals surface area contributed by atoms with Crippen LogP contribution in [0.5, 0.6) is 0 Å². The van der Waals surface area contributed by atoms with Crippen molar-refractivity contribution >= 4 is 17.7 Å². The minimum absolute atomic E-state index is 0.576. The molecule has 1 heterocycles. The molecule has 5 nitrogen and oxygen atoms in total. The first-order valence-electron chi connectivity index (χ1n) is 2.93. The van der Waals surface area contributed by atoms with E-state index in [0.717, 1.165) is 0 Å². The lowest BCUT2D eigenvalue weighted by atomic mass is 10.1. The number of hydrogen-bond donors (Lipinski definition) is 2. The van der Waals surface area contributed by atoms with Gasteiger partial charge in [0.1, 0.15) is 5.57 Å². The Morgan fingerprint density at radius 2 is 2.25 bits per heavy atom. The molecule has 6 heteroatoms. The van der Waals surface area contributed by atoms with Gasteiger partial charge >= 0.3 is 5.97 Å². The normalized spacial score (nSPS) is 23.2. The van der Waals surface area contributed by atoms with Gasteiger partial charge in [-0.25, -0.2) is 9.79 Å². The predicted octanol–water partition coefficient (Wildman–Crippen LogP) is -0.734. The molecular weight excluding hydrogens is 169 g/mol. The summed E-state index contributed by atoms with van der Waals surface area (Å²) in [6, 6.07) is 0. The van der Waals surface area contributed by atoms with Gasteiger partial charge in [0.15, 0.2) is 6.10 Å². The first kappa shape index (κ1) is 8.54. The third-order valence-corrected chi connectivity index (χ3v) is 1.29. The van der Waals surface area contributed by atoms with E-state index in [1.807, 2.05) is 0 Å². The van der Waals surface area contributed by atoms with Crippen molar-refractivity contribution < 1.29 is 24.2 Å². The van der Waals surface area contributed by atoms with Gasteiger partial charge < -0.3 is 10.2 Å². The highest BCUT2D eigenvalue weighted by Gasteiger charge is 2.31. The Morgan fingerprint density at radius 1 is 1.67 bits per heavy atom. The van der Waals surface area contributed by atoms with Crippen LogP contribution in [-0.4, -0.2) is 34.0 Å². The van der Waals surface area contributed by atoms with E-state index in [0.29, 0.717) is 6.20 Å². The standard InChI is InChI=1S/C6H4FNO4/c7-5-4(10)3(9)2(1-8-5)6(11)12/h1,4,10H,(H,11,12). The van der Waals surface area contributed by atoms with Crippen molar-refractivity contribution in [2.24, 2.45) is 4.99 Å². The summed E-state index contributed by atoms with van der Waals surface area (Å²) in [5.41, 5.74) is -0.719. The number of aliphatic carboxylic acids is 1. The number of carboxylic acid groups (broad SMARTS) is 1. The number of Topliss-reactive ketones (excluding diaryl/α,β-unsaturated/α-hetero) is 1. The molecule has 1 atom stereocenters. The van der Waals surface area contributed by atoms with E-state index in [-0.39, 0.29) is 0 Å². The van der Waals surface area contributed by atoms with Crippen molar-refractivity contribution in [3.8, 4) is 0 Å². The molecule has 0 saturated heterocycles. The summed E-state index contributed by atoms with van der Waals surface area (Å²) in [4.78, 5) is 23.9. The van der Waals surface area contributed by atoms with Gasteiger partial charge in [0.2, 0.25) is 11.7 Å². The second kappa shape index (κ2) is 2.82. The van der Waals surface area contributed by atoms with Gasteiger partial charge in [0.25, 0.3) is 0 Å². The average molecular weight is 173 g/mol. The van der Waals surface area contributed by atoms with Crippen molar-refractivity contribution in [3.05, 3.63) is 11.8 Å². The number of rotatable bonds is 1. The molecule has 0 saturated carbocycles.